The summed E-state index contributed by atoms with van der Waals surface area (Å²) in [5, 5.41) is 14.5. The first-order chi connectivity index (χ1) is 9.58. The fraction of sp³-hybridized carbons (Fsp3) is 0.429. The van der Waals surface area contributed by atoms with E-state index in [1.54, 1.807) is 12.1 Å². The van der Waals surface area contributed by atoms with E-state index >= 15 is 0 Å². The van der Waals surface area contributed by atoms with Crippen molar-refractivity contribution in [3.63, 3.8) is 0 Å². The molecule has 0 bridgehead atoms. The predicted octanol–water partition coefficient (Wildman–Crippen LogP) is 3.46. The van der Waals surface area contributed by atoms with Crippen LogP contribution in [0.1, 0.15) is 36.0 Å². The van der Waals surface area contributed by atoms with Crippen molar-refractivity contribution in [2.75, 3.05) is 11.9 Å². The summed E-state index contributed by atoms with van der Waals surface area (Å²) >= 11 is 3.25. The van der Waals surface area contributed by atoms with Crippen LogP contribution in [0.25, 0.3) is 0 Å². The highest BCUT2D eigenvalue weighted by molar-refractivity contribution is 9.10. The lowest BCUT2D eigenvalue weighted by molar-refractivity contribution is 0.0698. The van der Waals surface area contributed by atoms with Gasteiger partial charge in [0, 0.05) is 11.0 Å². The van der Waals surface area contributed by atoms with E-state index in [4.69, 9.17) is 5.11 Å². The first-order valence-corrected chi connectivity index (χ1v) is 7.44. The van der Waals surface area contributed by atoms with Gasteiger partial charge in [-0.2, -0.15) is 0 Å². The fourth-order valence-corrected chi connectivity index (χ4v) is 2.62. The number of carbonyl (C=O) groups excluding carboxylic acids is 1. The van der Waals surface area contributed by atoms with Gasteiger partial charge in [0.15, 0.2) is 0 Å². The highest BCUT2D eigenvalue weighted by atomic mass is 79.9. The van der Waals surface area contributed by atoms with E-state index in [1.807, 2.05) is 0 Å². The topological polar surface area (TPSA) is 78.4 Å². The number of carboxylic acid groups (broad SMARTS) is 1. The van der Waals surface area contributed by atoms with Gasteiger partial charge in [-0.1, -0.05) is 25.3 Å². The van der Waals surface area contributed by atoms with Crippen molar-refractivity contribution in [1.82, 2.24) is 5.32 Å². The second kappa shape index (κ2) is 6.74. The number of carboxylic acids is 1. The second-order valence-electron chi connectivity index (χ2n) is 4.93. The Labute approximate surface area is 125 Å². The van der Waals surface area contributed by atoms with E-state index in [0.717, 1.165) is 12.3 Å². The zero-order valence-electron chi connectivity index (χ0n) is 11.0. The van der Waals surface area contributed by atoms with Gasteiger partial charge in [-0.05, 0) is 40.4 Å². The van der Waals surface area contributed by atoms with Crippen molar-refractivity contribution in [2.45, 2.75) is 25.7 Å². The van der Waals surface area contributed by atoms with Crippen LogP contribution in [-0.4, -0.2) is 23.7 Å². The molecule has 108 valence electrons. The number of anilines is 1. The van der Waals surface area contributed by atoms with Gasteiger partial charge in [-0.15, -0.1) is 0 Å². The number of para-hydroxylation sites is 1. The average molecular weight is 341 g/mol. The Bertz CT molecular complexity index is 515. The van der Waals surface area contributed by atoms with Crippen molar-refractivity contribution in [1.29, 1.82) is 0 Å². The van der Waals surface area contributed by atoms with Crippen LogP contribution < -0.4 is 10.6 Å². The molecule has 1 fully saturated rings. The summed E-state index contributed by atoms with van der Waals surface area (Å²) in [6.45, 7) is 0.614. The number of carbonyl (C=O) groups is 2. The summed E-state index contributed by atoms with van der Waals surface area (Å²) in [6, 6.07) is 4.39. The zero-order chi connectivity index (χ0) is 14.5. The lowest BCUT2D eigenvalue weighted by Gasteiger charge is -2.25. The summed E-state index contributed by atoms with van der Waals surface area (Å²) < 4.78 is 0.548. The molecule has 0 aromatic heterocycles. The lowest BCUT2D eigenvalue weighted by Crippen LogP contribution is -2.32. The predicted molar refractivity (Wildman–Crippen MR) is 80.1 cm³/mol. The Morgan fingerprint density at radius 1 is 1.35 bits per heavy atom. The maximum atomic E-state index is 11.8. The van der Waals surface area contributed by atoms with Crippen LogP contribution in [0.3, 0.4) is 0 Å². The summed E-state index contributed by atoms with van der Waals surface area (Å²) in [5.41, 5.74) is 0.342. The molecule has 2 amide bonds. The van der Waals surface area contributed by atoms with Gasteiger partial charge in [-0.3, -0.25) is 0 Å². The van der Waals surface area contributed by atoms with E-state index in [2.05, 4.69) is 26.6 Å². The van der Waals surface area contributed by atoms with Gasteiger partial charge in [0.2, 0.25) is 0 Å². The van der Waals surface area contributed by atoms with Crippen LogP contribution >= 0.6 is 15.9 Å². The molecule has 1 aromatic rings. The molecule has 20 heavy (non-hydrogen) atoms. The minimum atomic E-state index is -1.07. The monoisotopic (exact) mass is 340 g/mol. The third kappa shape index (κ3) is 3.72. The summed E-state index contributed by atoms with van der Waals surface area (Å²) in [5.74, 6) is -0.343. The molecule has 6 heteroatoms. The maximum Gasteiger partial charge on any atom is 0.337 e. The molecule has 0 radical (unpaired) electrons. The smallest absolute Gasteiger partial charge is 0.337 e. The molecule has 0 unspecified atom stereocenters. The summed E-state index contributed by atoms with van der Waals surface area (Å²) in [7, 11) is 0. The van der Waals surface area contributed by atoms with Gasteiger partial charge in [0.25, 0.3) is 0 Å². The van der Waals surface area contributed by atoms with Crippen LogP contribution in [0.5, 0.6) is 0 Å². The molecule has 1 aliphatic carbocycles. The molecule has 0 saturated heterocycles. The van der Waals surface area contributed by atoms with Crippen LogP contribution in [-0.2, 0) is 0 Å². The number of hydrogen-bond donors (Lipinski definition) is 3. The number of nitrogens with one attached hydrogen (secondary N) is 2. The van der Waals surface area contributed by atoms with Crippen molar-refractivity contribution in [3.8, 4) is 0 Å². The van der Waals surface area contributed by atoms with E-state index in [1.165, 1.54) is 25.3 Å². The second-order valence-corrected chi connectivity index (χ2v) is 5.79. The fourth-order valence-electron chi connectivity index (χ4n) is 2.16. The third-order valence-corrected chi connectivity index (χ3v) is 4.21. The van der Waals surface area contributed by atoms with Crippen LogP contribution in [0, 0.1) is 5.92 Å². The van der Waals surface area contributed by atoms with Gasteiger partial charge in [0.05, 0.1) is 11.3 Å². The molecule has 0 atom stereocenters. The maximum absolute atomic E-state index is 11.8. The molecule has 0 spiro atoms. The van der Waals surface area contributed by atoms with Crippen LogP contribution in [0.15, 0.2) is 22.7 Å². The van der Waals surface area contributed by atoms with E-state index in [9.17, 15) is 9.59 Å². The number of rotatable bonds is 5. The number of aromatic carboxylic acids is 1. The Kier molecular flexibility index (Phi) is 5.00. The van der Waals surface area contributed by atoms with Crippen molar-refractivity contribution < 1.29 is 14.7 Å². The number of hydrogen-bond acceptors (Lipinski definition) is 2. The van der Waals surface area contributed by atoms with E-state index in [-0.39, 0.29) is 17.3 Å². The lowest BCUT2D eigenvalue weighted by atomic mass is 9.83. The summed E-state index contributed by atoms with van der Waals surface area (Å²) in [6.07, 6.45) is 4.76. The largest absolute Gasteiger partial charge is 0.478 e. The Morgan fingerprint density at radius 2 is 2.10 bits per heavy atom. The van der Waals surface area contributed by atoms with Gasteiger partial charge in [0.1, 0.15) is 0 Å². The molecule has 1 aliphatic rings. The molecular weight excluding hydrogens is 324 g/mol. The quantitative estimate of drug-likeness (QED) is 0.767. The van der Waals surface area contributed by atoms with Crippen molar-refractivity contribution >= 4 is 33.6 Å². The Hall–Kier alpha value is -1.56. The SMILES string of the molecule is O=C(NCCC1CCC1)Nc1c(Br)cccc1C(=O)O. The zero-order valence-corrected chi connectivity index (χ0v) is 12.6. The highest BCUT2D eigenvalue weighted by Crippen LogP contribution is 2.29. The average Bonchev–Trinajstić information content (AvgIpc) is 2.34. The van der Waals surface area contributed by atoms with E-state index in [0.29, 0.717) is 11.0 Å². The van der Waals surface area contributed by atoms with Crippen LogP contribution in [0.4, 0.5) is 10.5 Å². The molecule has 1 saturated carbocycles. The third-order valence-electron chi connectivity index (χ3n) is 3.55. The van der Waals surface area contributed by atoms with Gasteiger partial charge < -0.3 is 15.7 Å². The molecule has 2 rings (SSSR count). The molecule has 5 nitrogen and oxygen atoms in total. The number of amides is 2. The normalized spacial score (nSPS) is 14.4. The van der Waals surface area contributed by atoms with Gasteiger partial charge in [-0.25, -0.2) is 9.59 Å². The number of urea groups is 1. The standard InChI is InChI=1S/C14H17BrN2O3/c15-11-6-2-5-10(13(18)19)12(11)17-14(20)16-8-7-9-3-1-4-9/h2,5-6,9H,1,3-4,7-8H2,(H,18,19)(H2,16,17,20). The first-order valence-electron chi connectivity index (χ1n) is 6.64. The van der Waals surface area contributed by atoms with E-state index < -0.39 is 5.97 Å². The van der Waals surface area contributed by atoms with Crippen LogP contribution in [0.2, 0.25) is 0 Å². The Balaban J connectivity index is 1.91. The summed E-state index contributed by atoms with van der Waals surface area (Å²) in [4.78, 5) is 22.9. The van der Waals surface area contributed by atoms with Gasteiger partial charge >= 0.3 is 12.0 Å². The molecule has 3 N–H and O–H groups in total. The number of halogens is 1. The highest BCUT2D eigenvalue weighted by Gasteiger charge is 2.18. The minimum absolute atomic E-state index is 0.0634. The minimum Gasteiger partial charge on any atom is -0.478 e. The van der Waals surface area contributed by atoms with Crippen molar-refractivity contribution in [2.24, 2.45) is 5.92 Å². The Morgan fingerprint density at radius 3 is 2.70 bits per heavy atom. The number of benzene rings is 1. The van der Waals surface area contributed by atoms with Crippen molar-refractivity contribution in [3.05, 3.63) is 28.2 Å². The molecule has 1 aromatic carbocycles. The first kappa shape index (κ1) is 14.8. The molecule has 0 aliphatic heterocycles. The molecule has 0 heterocycles. The molecular formula is C14H17BrN2O3.